The SMILES string of the molecule is Cc1ccc(CNc2nc(NCCOCCOCCNC(=O)c3ccccc3)nc(NCCc3ccc(O)cc3)n2)cc1. The second-order valence-corrected chi connectivity index (χ2v) is 9.76. The fourth-order valence-electron chi connectivity index (χ4n) is 3.97. The van der Waals surface area contributed by atoms with Crippen LogP contribution in [0.3, 0.4) is 0 Å². The maximum Gasteiger partial charge on any atom is 0.251 e. The smallest absolute Gasteiger partial charge is 0.251 e. The first-order valence-electron chi connectivity index (χ1n) is 14.3. The number of benzene rings is 3. The van der Waals surface area contributed by atoms with Crippen LogP contribution in [0, 0.1) is 6.92 Å². The zero-order valence-corrected chi connectivity index (χ0v) is 24.4. The Balaban J connectivity index is 1.18. The molecule has 1 amide bonds. The molecule has 4 aromatic rings. The Morgan fingerprint density at radius 1 is 0.674 bits per heavy atom. The summed E-state index contributed by atoms with van der Waals surface area (Å²) in [5.41, 5.74) is 4.05. The molecule has 0 unspecified atom stereocenters. The number of ether oxygens (including phenoxy) is 2. The Bertz CT molecular complexity index is 1390. The highest BCUT2D eigenvalue weighted by atomic mass is 16.5. The summed E-state index contributed by atoms with van der Waals surface area (Å²) in [4.78, 5) is 25.6. The van der Waals surface area contributed by atoms with Crippen molar-refractivity contribution in [1.82, 2.24) is 20.3 Å². The van der Waals surface area contributed by atoms with Gasteiger partial charge in [0.2, 0.25) is 17.8 Å². The molecule has 0 atom stereocenters. The van der Waals surface area contributed by atoms with Crippen LogP contribution in [0.4, 0.5) is 17.8 Å². The van der Waals surface area contributed by atoms with E-state index in [-0.39, 0.29) is 11.7 Å². The number of carbonyl (C=O) groups is 1. The van der Waals surface area contributed by atoms with Gasteiger partial charge in [-0.1, -0.05) is 60.2 Å². The van der Waals surface area contributed by atoms with Gasteiger partial charge >= 0.3 is 0 Å². The van der Waals surface area contributed by atoms with Crippen LogP contribution in [0.2, 0.25) is 0 Å². The minimum Gasteiger partial charge on any atom is -0.508 e. The van der Waals surface area contributed by atoms with E-state index >= 15 is 0 Å². The zero-order valence-electron chi connectivity index (χ0n) is 24.4. The van der Waals surface area contributed by atoms with E-state index in [9.17, 15) is 9.90 Å². The van der Waals surface area contributed by atoms with Crippen LogP contribution < -0.4 is 21.3 Å². The maximum absolute atomic E-state index is 12.0. The molecule has 0 bridgehead atoms. The van der Waals surface area contributed by atoms with Crippen LogP contribution in [-0.2, 0) is 22.4 Å². The number of aromatic nitrogens is 3. The topological polar surface area (TPSA) is 143 Å². The van der Waals surface area contributed by atoms with Gasteiger partial charge in [-0.3, -0.25) is 4.79 Å². The maximum atomic E-state index is 12.0. The zero-order chi connectivity index (χ0) is 30.1. The van der Waals surface area contributed by atoms with Crippen molar-refractivity contribution in [2.45, 2.75) is 19.9 Å². The Morgan fingerprint density at radius 3 is 1.93 bits per heavy atom. The van der Waals surface area contributed by atoms with Crippen LogP contribution in [0.25, 0.3) is 0 Å². The molecule has 0 radical (unpaired) electrons. The number of phenolic OH excluding ortho intramolecular Hbond substituents is 1. The second kappa shape index (κ2) is 17.3. The van der Waals surface area contributed by atoms with Gasteiger partial charge in [0.15, 0.2) is 0 Å². The lowest BCUT2D eigenvalue weighted by atomic mass is 10.1. The van der Waals surface area contributed by atoms with Crippen LogP contribution in [0.1, 0.15) is 27.0 Å². The summed E-state index contributed by atoms with van der Waals surface area (Å²) >= 11 is 0. The van der Waals surface area contributed by atoms with Crippen molar-refractivity contribution in [2.24, 2.45) is 0 Å². The van der Waals surface area contributed by atoms with Gasteiger partial charge in [0.1, 0.15) is 5.75 Å². The lowest BCUT2D eigenvalue weighted by Gasteiger charge is -2.12. The minimum atomic E-state index is -0.117. The van der Waals surface area contributed by atoms with Gasteiger partial charge in [-0.25, -0.2) is 0 Å². The molecular weight excluding hydrogens is 546 g/mol. The molecule has 0 saturated heterocycles. The number of phenols is 1. The largest absolute Gasteiger partial charge is 0.508 e. The van der Waals surface area contributed by atoms with Gasteiger partial charge in [-0.05, 0) is 48.7 Å². The van der Waals surface area contributed by atoms with E-state index in [1.54, 1.807) is 24.3 Å². The first-order chi connectivity index (χ1) is 21.0. The van der Waals surface area contributed by atoms with E-state index in [4.69, 9.17) is 9.47 Å². The monoisotopic (exact) mass is 585 g/mol. The van der Waals surface area contributed by atoms with E-state index < -0.39 is 0 Å². The predicted molar refractivity (Wildman–Crippen MR) is 168 cm³/mol. The first-order valence-corrected chi connectivity index (χ1v) is 14.3. The minimum absolute atomic E-state index is 0.117. The number of aromatic hydroxyl groups is 1. The highest BCUT2D eigenvalue weighted by molar-refractivity contribution is 5.94. The van der Waals surface area contributed by atoms with E-state index in [1.807, 2.05) is 30.3 Å². The van der Waals surface area contributed by atoms with E-state index in [1.165, 1.54) is 5.56 Å². The molecule has 4 rings (SSSR count). The van der Waals surface area contributed by atoms with E-state index in [0.717, 1.165) is 17.5 Å². The van der Waals surface area contributed by atoms with Crippen molar-refractivity contribution in [3.8, 4) is 5.75 Å². The Morgan fingerprint density at radius 2 is 1.26 bits per heavy atom. The van der Waals surface area contributed by atoms with Crippen molar-refractivity contribution in [3.05, 3.63) is 101 Å². The van der Waals surface area contributed by atoms with Crippen molar-refractivity contribution in [3.63, 3.8) is 0 Å². The molecular formula is C32H39N7O4. The number of hydrogen-bond acceptors (Lipinski definition) is 10. The molecule has 0 aliphatic rings. The van der Waals surface area contributed by atoms with Gasteiger partial charge in [0, 0.05) is 31.7 Å². The number of rotatable bonds is 18. The average molecular weight is 586 g/mol. The number of anilines is 3. The van der Waals surface area contributed by atoms with Crippen LogP contribution >= 0.6 is 0 Å². The molecule has 0 aliphatic carbocycles. The second-order valence-electron chi connectivity index (χ2n) is 9.76. The number of aryl methyl sites for hydroxylation is 1. The number of amides is 1. The highest BCUT2D eigenvalue weighted by Crippen LogP contribution is 2.13. The van der Waals surface area contributed by atoms with Gasteiger partial charge < -0.3 is 35.8 Å². The van der Waals surface area contributed by atoms with Crippen molar-refractivity contribution < 1.29 is 19.4 Å². The summed E-state index contributed by atoms with van der Waals surface area (Å²) in [6.07, 6.45) is 0.746. The normalized spacial score (nSPS) is 10.7. The van der Waals surface area contributed by atoms with Gasteiger partial charge in [0.05, 0.1) is 26.4 Å². The third-order valence-corrected chi connectivity index (χ3v) is 6.31. The average Bonchev–Trinajstić information content (AvgIpc) is 3.03. The third kappa shape index (κ3) is 11.6. The number of hydrogen-bond donors (Lipinski definition) is 5. The molecule has 0 spiro atoms. The number of nitrogens with zero attached hydrogens (tertiary/aromatic N) is 3. The molecule has 0 fully saturated rings. The van der Waals surface area contributed by atoms with E-state index in [0.29, 0.717) is 76.0 Å². The summed E-state index contributed by atoms with van der Waals surface area (Å²) in [6.45, 7) is 5.89. The predicted octanol–water partition coefficient (Wildman–Crippen LogP) is 4.03. The van der Waals surface area contributed by atoms with Gasteiger partial charge in [-0.2, -0.15) is 15.0 Å². The Hall–Kier alpha value is -4.74. The lowest BCUT2D eigenvalue weighted by Crippen LogP contribution is -2.27. The van der Waals surface area contributed by atoms with Crippen molar-refractivity contribution >= 4 is 23.8 Å². The molecule has 0 aliphatic heterocycles. The lowest BCUT2D eigenvalue weighted by molar-refractivity contribution is 0.0519. The molecule has 1 heterocycles. The highest BCUT2D eigenvalue weighted by Gasteiger charge is 2.08. The summed E-state index contributed by atoms with van der Waals surface area (Å²) in [6, 6.07) is 24.5. The quantitative estimate of drug-likeness (QED) is 0.109. The molecule has 1 aromatic heterocycles. The molecule has 11 nitrogen and oxygen atoms in total. The fraction of sp³-hybridized carbons (Fsp3) is 0.312. The van der Waals surface area contributed by atoms with E-state index in [2.05, 4.69) is 67.4 Å². The number of carbonyl (C=O) groups excluding carboxylic acids is 1. The molecule has 43 heavy (non-hydrogen) atoms. The summed E-state index contributed by atoms with van der Waals surface area (Å²) in [5, 5.41) is 22.1. The van der Waals surface area contributed by atoms with Gasteiger partial charge in [0.25, 0.3) is 5.91 Å². The third-order valence-electron chi connectivity index (χ3n) is 6.31. The molecule has 0 saturated carbocycles. The first kappa shape index (κ1) is 31.2. The fourth-order valence-corrected chi connectivity index (χ4v) is 3.97. The molecule has 226 valence electrons. The van der Waals surface area contributed by atoms with Crippen LogP contribution in [0.5, 0.6) is 5.75 Å². The van der Waals surface area contributed by atoms with Crippen molar-refractivity contribution in [1.29, 1.82) is 0 Å². The molecule has 11 heteroatoms. The van der Waals surface area contributed by atoms with Crippen LogP contribution in [0.15, 0.2) is 78.9 Å². The Kier molecular flexibility index (Phi) is 12.5. The van der Waals surface area contributed by atoms with Crippen molar-refractivity contribution in [2.75, 3.05) is 62.0 Å². The summed E-state index contributed by atoms with van der Waals surface area (Å²) in [7, 11) is 0. The molecule has 3 aromatic carbocycles. The van der Waals surface area contributed by atoms with Crippen LogP contribution in [-0.4, -0.2) is 72.0 Å². The Labute approximate surface area is 252 Å². The summed E-state index contributed by atoms with van der Waals surface area (Å²) in [5.74, 6) is 1.47. The standard InChI is InChI=1S/C32H39N7O4/c1-24-7-9-26(10-8-24)23-36-32-38-30(34-16-15-25-11-13-28(40)14-12-25)37-31(39-32)35-18-20-43-22-21-42-19-17-33-29(41)27-5-3-2-4-6-27/h2-14,40H,15-23H2,1H3,(H,33,41)(H3,34,35,36,37,38,39). The van der Waals surface area contributed by atoms with Gasteiger partial charge in [-0.15, -0.1) is 0 Å². The molecule has 5 N–H and O–H groups in total. The number of nitrogens with one attached hydrogen (secondary N) is 4. The summed E-state index contributed by atoms with van der Waals surface area (Å²) < 4.78 is 11.2.